The monoisotopic (exact) mass is 729 g/mol. The first-order chi connectivity index (χ1) is 28.0. The van der Waals surface area contributed by atoms with Gasteiger partial charge in [-0.1, -0.05) is 172 Å². The van der Waals surface area contributed by atoms with Gasteiger partial charge in [-0.15, -0.1) is 0 Å². The van der Waals surface area contributed by atoms with Crippen molar-refractivity contribution in [1.29, 1.82) is 0 Å². The number of para-hydroxylation sites is 2. The van der Waals surface area contributed by atoms with Crippen molar-refractivity contribution >= 4 is 49.8 Å². The number of rotatable bonds is 6. The Morgan fingerprint density at radius 1 is 0.404 bits per heavy atom. The van der Waals surface area contributed by atoms with Gasteiger partial charge in [-0.25, -0.2) is 0 Å². The van der Waals surface area contributed by atoms with Crippen LogP contribution in [0.4, 0.5) is 17.1 Å². The number of benzene rings is 9. The van der Waals surface area contributed by atoms with Crippen LogP contribution < -0.4 is 4.90 Å². The lowest BCUT2D eigenvalue weighted by atomic mass is 9.82. The third-order valence-electron chi connectivity index (χ3n) is 12.0. The molecule has 0 N–H and O–H groups in total. The van der Waals surface area contributed by atoms with E-state index >= 15 is 0 Å². The van der Waals surface area contributed by atoms with E-state index in [1.54, 1.807) is 0 Å². The smallest absolute Gasteiger partial charge is 0.136 e. The molecule has 0 bridgehead atoms. The zero-order chi connectivity index (χ0) is 38.1. The van der Waals surface area contributed by atoms with E-state index in [0.29, 0.717) is 0 Å². The number of fused-ring (bicyclic) bond motifs is 8. The third-order valence-corrected chi connectivity index (χ3v) is 12.0. The van der Waals surface area contributed by atoms with Crippen LogP contribution in [0.15, 0.2) is 205 Å². The molecule has 0 unspecified atom stereocenters. The van der Waals surface area contributed by atoms with Gasteiger partial charge in [-0.2, -0.15) is 0 Å². The molecule has 1 aromatic heterocycles. The Morgan fingerprint density at radius 2 is 1.00 bits per heavy atom. The number of hydrogen-bond donors (Lipinski definition) is 0. The lowest BCUT2D eigenvalue weighted by Crippen LogP contribution is -2.16. The highest BCUT2D eigenvalue weighted by atomic mass is 16.3. The summed E-state index contributed by atoms with van der Waals surface area (Å²) in [6.45, 7) is 4.72. The molecule has 0 spiro atoms. The summed E-state index contributed by atoms with van der Waals surface area (Å²) in [5.74, 6) is 0. The zero-order valence-corrected chi connectivity index (χ0v) is 31.9. The molecule has 9 aromatic carbocycles. The van der Waals surface area contributed by atoms with Crippen LogP contribution in [0.1, 0.15) is 25.0 Å². The first kappa shape index (κ1) is 33.2. The molecule has 2 nitrogen and oxygen atoms in total. The predicted octanol–water partition coefficient (Wildman–Crippen LogP) is 15.5. The van der Waals surface area contributed by atoms with Gasteiger partial charge in [0.25, 0.3) is 0 Å². The Bertz CT molecular complexity index is 3100. The van der Waals surface area contributed by atoms with E-state index in [-0.39, 0.29) is 5.41 Å². The van der Waals surface area contributed by atoms with Crippen molar-refractivity contribution in [2.45, 2.75) is 19.3 Å². The minimum atomic E-state index is -0.155. The Morgan fingerprint density at radius 3 is 1.77 bits per heavy atom. The molecule has 1 heterocycles. The van der Waals surface area contributed by atoms with Crippen LogP contribution in [0, 0.1) is 0 Å². The molecule has 11 rings (SSSR count). The summed E-state index contributed by atoms with van der Waals surface area (Å²) in [4.78, 5) is 2.53. The van der Waals surface area contributed by atoms with Crippen LogP contribution in [0.5, 0.6) is 0 Å². The fourth-order valence-electron chi connectivity index (χ4n) is 9.38. The Balaban J connectivity index is 1.25. The van der Waals surface area contributed by atoms with Crippen molar-refractivity contribution in [2.24, 2.45) is 0 Å². The normalized spacial score (nSPS) is 12.9. The van der Waals surface area contributed by atoms with E-state index in [1.807, 2.05) is 6.07 Å². The summed E-state index contributed by atoms with van der Waals surface area (Å²) in [6, 6.07) is 72.8. The second-order valence-electron chi connectivity index (χ2n) is 15.7. The third kappa shape index (κ3) is 5.25. The zero-order valence-electron chi connectivity index (χ0n) is 31.9. The maximum absolute atomic E-state index is 6.47. The van der Waals surface area contributed by atoms with E-state index in [9.17, 15) is 0 Å². The largest absolute Gasteiger partial charge is 0.456 e. The minimum Gasteiger partial charge on any atom is -0.456 e. The summed E-state index contributed by atoms with van der Waals surface area (Å²) < 4.78 is 6.47. The van der Waals surface area contributed by atoms with Crippen LogP contribution >= 0.6 is 0 Å². The lowest BCUT2D eigenvalue weighted by Gasteiger charge is -2.31. The van der Waals surface area contributed by atoms with Crippen molar-refractivity contribution < 1.29 is 4.42 Å². The SMILES string of the molecule is CC1(C)c2ccccc2-c2c(N(c3cc(-c4ccccc4)cc(-c4ccccc4)c3)c3ccccc3-c3cccc4ccc5oc6ccccc6c5c34)cccc21. The molecular formula is C55H39NO. The van der Waals surface area contributed by atoms with Gasteiger partial charge in [0.05, 0.1) is 11.4 Å². The van der Waals surface area contributed by atoms with Gasteiger partial charge in [-0.05, 0) is 92.4 Å². The average Bonchev–Trinajstić information content (AvgIpc) is 3.77. The molecule has 0 radical (unpaired) electrons. The number of anilines is 3. The number of nitrogens with zero attached hydrogens (tertiary/aromatic N) is 1. The van der Waals surface area contributed by atoms with E-state index in [0.717, 1.165) is 44.6 Å². The predicted molar refractivity (Wildman–Crippen MR) is 240 cm³/mol. The maximum Gasteiger partial charge on any atom is 0.136 e. The second-order valence-corrected chi connectivity index (χ2v) is 15.7. The van der Waals surface area contributed by atoms with E-state index in [2.05, 4.69) is 213 Å². The number of furan rings is 1. The molecule has 270 valence electrons. The van der Waals surface area contributed by atoms with Gasteiger partial charge in [0.15, 0.2) is 0 Å². The highest BCUT2D eigenvalue weighted by molar-refractivity contribution is 6.23. The van der Waals surface area contributed by atoms with E-state index in [4.69, 9.17) is 4.42 Å². The highest BCUT2D eigenvalue weighted by Crippen LogP contribution is 2.55. The first-order valence-electron chi connectivity index (χ1n) is 19.8. The van der Waals surface area contributed by atoms with Crippen LogP contribution in [0.25, 0.3) is 77.2 Å². The van der Waals surface area contributed by atoms with Gasteiger partial charge in [-0.3, -0.25) is 0 Å². The van der Waals surface area contributed by atoms with Crippen LogP contribution in [-0.4, -0.2) is 0 Å². The molecule has 0 amide bonds. The van der Waals surface area contributed by atoms with Crippen molar-refractivity contribution in [3.8, 4) is 44.5 Å². The fourth-order valence-corrected chi connectivity index (χ4v) is 9.38. The Labute approximate surface area is 332 Å². The summed E-state index contributed by atoms with van der Waals surface area (Å²) in [5, 5.41) is 4.65. The first-order valence-corrected chi connectivity index (χ1v) is 19.8. The van der Waals surface area contributed by atoms with Gasteiger partial charge in [0.2, 0.25) is 0 Å². The summed E-state index contributed by atoms with van der Waals surface area (Å²) >= 11 is 0. The molecular weight excluding hydrogens is 691 g/mol. The summed E-state index contributed by atoms with van der Waals surface area (Å²) in [7, 11) is 0. The highest BCUT2D eigenvalue weighted by Gasteiger charge is 2.38. The molecule has 0 saturated carbocycles. The van der Waals surface area contributed by atoms with E-state index < -0.39 is 0 Å². The molecule has 0 atom stereocenters. The molecule has 1 aliphatic rings. The quantitative estimate of drug-likeness (QED) is 0.169. The second kappa shape index (κ2) is 13.0. The molecule has 0 fully saturated rings. The molecule has 0 saturated heterocycles. The molecule has 0 aliphatic heterocycles. The summed E-state index contributed by atoms with van der Waals surface area (Å²) in [6.07, 6.45) is 0. The van der Waals surface area contributed by atoms with Crippen molar-refractivity contribution in [2.75, 3.05) is 4.90 Å². The Kier molecular flexibility index (Phi) is 7.55. The van der Waals surface area contributed by atoms with Gasteiger partial charge in [0.1, 0.15) is 11.2 Å². The van der Waals surface area contributed by atoms with E-state index in [1.165, 1.54) is 60.8 Å². The van der Waals surface area contributed by atoms with Gasteiger partial charge in [0, 0.05) is 38.4 Å². The maximum atomic E-state index is 6.47. The Hall–Kier alpha value is -7.16. The fraction of sp³-hybridized carbons (Fsp3) is 0.0545. The lowest BCUT2D eigenvalue weighted by molar-refractivity contribution is 0.660. The molecule has 2 heteroatoms. The average molecular weight is 730 g/mol. The van der Waals surface area contributed by atoms with Crippen molar-refractivity contribution in [1.82, 2.24) is 0 Å². The topological polar surface area (TPSA) is 16.4 Å². The van der Waals surface area contributed by atoms with Crippen molar-refractivity contribution in [3.63, 3.8) is 0 Å². The molecule has 57 heavy (non-hydrogen) atoms. The molecule has 1 aliphatic carbocycles. The summed E-state index contributed by atoms with van der Waals surface area (Å²) in [5.41, 5.74) is 17.3. The van der Waals surface area contributed by atoms with Gasteiger partial charge < -0.3 is 9.32 Å². The van der Waals surface area contributed by atoms with Crippen LogP contribution in [0.2, 0.25) is 0 Å². The van der Waals surface area contributed by atoms with Crippen LogP contribution in [0.3, 0.4) is 0 Å². The van der Waals surface area contributed by atoms with Gasteiger partial charge >= 0.3 is 0 Å². The molecule has 10 aromatic rings. The minimum absolute atomic E-state index is 0.155. The standard InChI is InChI=1S/C55H39NO/c1-55(2)46-26-12-9-23-44(46)53-47(55)27-16-29-49(53)56(41-34-39(36-17-5-3-6-18-36)33-40(35-41)37-19-7-4-8-20-37)48-28-13-10-22-42(48)43-25-15-21-38-31-32-51-54(52(38)43)45-24-11-14-30-50(45)57-51/h3-35H,1-2H3. The number of hydrogen-bond acceptors (Lipinski definition) is 2. The van der Waals surface area contributed by atoms with Crippen LogP contribution in [-0.2, 0) is 5.41 Å². The van der Waals surface area contributed by atoms with Crippen molar-refractivity contribution in [3.05, 3.63) is 211 Å².